The van der Waals surface area contributed by atoms with Gasteiger partial charge in [0, 0.05) is 49.3 Å². The lowest BCUT2D eigenvalue weighted by Gasteiger charge is -2.10. The minimum absolute atomic E-state index is 0.00322. The highest BCUT2D eigenvalue weighted by atomic mass is 16.5. The van der Waals surface area contributed by atoms with Gasteiger partial charge in [-0.1, -0.05) is 0 Å². The Bertz CT molecular complexity index is 1330. The number of amides is 1. The Morgan fingerprint density at radius 3 is 2.82 bits per heavy atom. The van der Waals surface area contributed by atoms with E-state index in [0.29, 0.717) is 46.5 Å². The molecule has 5 rings (SSSR count). The van der Waals surface area contributed by atoms with Crippen LogP contribution in [0.1, 0.15) is 19.8 Å². The summed E-state index contributed by atoms with van der Waals surface area (Å²) in [6.07, 6.45) is 5.25. The van der Waals surface area contributed by atoms with Gasteiger partial charge in [-0.3, -0.25) is 4.79 Å². The number of nitrogens with zero attached hydrogens (tertiary/aromatic N) is 3. The Labute approximate surface area is 190 Å². The monoisotopic (exact) mass is 447 g/mol. The summed E-state index contributed by atoms with van der Waals surface area (Å²) >= 11 is 0. The number of methoxy groups -OCH3 is 1. The van der Waals surface area contributed by atoms with Gasteiger partial charge >= 0.3 is 0 Å². The van der Waals surface area contributed by atoms with E-state index in [0.717, 1.165) is 23.6 Å². The Morgan fingerprint density at radius 2 is 2.06 bits per heavy atom. The molecule has 1 aliphatic carbocycles. The van der Waals surface area contributed by atoms with Crippen LogP contribution in [-0.4, -0.2) is 47.7 Å². The zero-order chi connectivity index (χ0) is 22.9. The number of ether oxygens (including phenoxy) is 2. The molecule has 0 aliphatic heterocycles. The lowest BCUT2D eigenvalue weighted by atomic mass is 10.1. The van der Waals surface area contributed by atoms with Crippen LogP contribution >= 0.6 is 0 Å². The minimum atomic E-state index is -0.0140. The summed E-state index contributed by atoms with van der Waals surface area (Å²) in [5, 5.41) is 7.62. The highest BCUT2D eigenvalue weighted by molar-refractivity contribution is 6.03. The first-order chi connectivity index (χ1) is 16.1. The van der Waals surface area contributed by atoms with Crippen molar-refractivity contribution in [2.75, 3.05) is 31.4 Å². The molecule has 0 saturated heterocycles. The van der Waals surface area contributed by atoms with Crippen molar-refractivity contribution in [2.24, 2.45) is 5.92 Å². The number of nitrogens with one attached hydrogen (secondary N) is 2. The number of carbonyl (C=O) groups is 1. The van der Waals surface area contributed by atoms with E-state index in [9.17, 15) is 4.79 Å². The lowest BCUT2D eigenvalue weighted by Crippen LogP contribution is -2.15. The minimum Gasteiger partial charge on any atom is -0.491 e. The van der Waals surface area contributed by atoms with Crippen LogP contribution in [-0.2, 0) is 9.53 Å². The summed E-state index contributed by atoms with van der Waals surface area (Å²) in [5.41, 5.74) is 2.02. The van der Waals surface area contributed by atoms with Crippen LogP contribution in [0.3, 0.4) is 0 Å². The van der Waals surface area contributed by atoms with Crippen LogP contribution < -0.4 is 15.4 Å². The van der Waals surface area contributed by atoms with Gasteiger partial charge in [0.15, 0.2) is 5.58 Å². The van der Waals surface area contributed by atoms with E-state index < -0.39 is 0 Å². The highest BCUT2D eigenvalue weighted by Gasteiger charge is 2.30. The van der Waals surface area contributed by atoms with Crippen molar-refractivity contribution in [2.45, 2.75) is 25.9 Å². The lowest BCUT2D eigenvalue weighted by molar-refractivity contribution is -0.117. The first kappa shape index (κ1) is 21.1. The number of hydrogen-bond acceptors (Lipinski definition) is 8. The number of anilines is 2. The number of aromatic nitrogens is 3. The fraction of sp³-hybridized carbons (Fsp3) is 0.333. The quantitative estimate of drug-likeness (QED) is 0.413. The topological polar surface area (TPSA) is 111 Å². The maximum atomic E-state index is 12.2. The number of benzene rings is 1. The van der Waals surface area contributed by atoms with Gasteiger partial charge in [-0.25, -0.2) is 15.0 Å². The average Bonchev–Trinajstić information content (AvgIpc) is 3.61. The molecule has 2 N–H and O–H groups in total. The number of fused-ring (bicyclic) bond motifs is 2. The second kappa shape index (κ2) is 8.67. The molecule has 9 nitrogen and oxygen atoms in total. The van der Waals surface area contributed by atoms with E-state index in [2.05, 4.69) is 25.6 Å². The molecule has 0 spiro atoms. The molecule has 9 heteroatoms. The van der Waals surface area contributed by atoms with E-state index in [1.54, 1.807) is 26.6 Å². The number of carbonyl (C=O) groups excluding carboxylic acids is 1. The SMILES string of the molecule is CNc1ncc(-c2nc3cc(OC[C@@H](C)OC)ccc3o2)c2cc(NC(=O)C3CC3)ncc12. The molecule has 1 fully saturated rings. The number of rotatable bonds is 8. The van der Waals surface area contributed by atoms with Gasteiger partial charge in [0.1, 0.15) is 29.5 Å². The average molecular weight is 447 g/mol. The third-order valence-corrected chi connectivity index (χ3v) is 5.68. The van der Waals surface area contributed by atoms with E-state index in [1.165, 1.54) is 0 Å². The predicted octanol–water partition coefficient (Wildman–Crippen LogP) is 4.24. The summed E-state index contributed by atoms with van der Waals surface area (Å²) in [5.74, 6) is 2.39. The largest absolute Gasteiger partial charge is 0.491 e. The summed E-state index contributed by atoms with van der Waals surface area (Å²) in [6, 6.07) is 7.35. The van der Waals surface area contributed by atoms with Crippen molar-refractivity contribution < 1.29 is 18.7 Å². The molecule has 0 bridgehead atoms. The van der Waals surface area contributed by atoms with E-state index in [-0.39, 0.29) is 17.9 Å². The summed E-state index contributed by atoms with van der Waals surface area (Å²) < 4.78 is 17.1. The second-order valence-electron chi connectivity index (χ2n) is 8.16. The summed E-state index contributed by atoms with van der Waals surface area (Å²) in [7, 11) is 3.45. The fourth-order valence-corrected chi connectivity index (χ4v) is 3.54. The van der Waals surface area contributed by atoms with Crippen LogP contribution in [0.2, 0.25) is 0 Å². The normalized spacial score (nSPS) is 14.4. The molecule has 1 saturated carbocycles. The Hall–Kier alpha value is -3.72. The molecule has 1 amide bonds. The number of pyridine rings is 2. The van der Waals surface area contributed by atoms with Crippen LogP contribution in [0.25, 0.3) is 33.3 Å². The molecule has 4 aromatic rings. The maximum Gasteiger partial charge on any atom is 0.229 e. The molecule has 1 aromatic carbocycles. The third-order valence-electron chi connectivity index (χ3n) is 5.68. The van der Waals surface area contributed by atoms with Crippen LogP contribution in [0.4, 0.5) is 11.6 Å². The van der Waals surface area contributed by atoms with Gasteiger partial charge in [-0.2, -0.15) is 0 Å². The van der Waals surface area contributed by atoms with Crippen molar-refractivity contribution in [3.63, 3.8) is 0 Å². The van der Waals surface area contributed by atoms with Gasteiger partial charge in [-0.15, -0.1) is 0 Å². The first-order valence-electron chi connectivity index (χ1n) is 10.9. The van der Waals surface area contributed by atoms with Gasteiger partial charge in [0.25, 0.3) is 0 Å². The van der Waals surface area contributed by atoms with E-state index in [4.69, 9.17) is 13.9 Å². The Kier molecular flexibility index (Phi) is 5.55. The van der Waals surface area contributed by atoms with Gasteiger partial charge < -0.3 is 24.5 Å². The molecule has 3 heterocycles. The smallest absolute Gasteiger partial charge is 0.229 e. The highest BCUT2D eigenvalue weighted by Crippen LogP contribution is 2.35. The molecule has 0 radical (unpaired) electrons. The Balaban J connectivity index is 1.52. The summed E-state index contributed by atoms with van der Waals surface area (Å²) in [4.78, 5) is 25.8. The maximum absolute atomic E-state index is 12.2. The molecule has 3 aromatic heterocycles. The Morgan fingerprint density at radius 1 is 1.21 bits per heavy atom. The molecule has 33 heavy (non-hydrogen) atoms. The van der Waals surface area contributed by atoms with Gasteiger partial charge in [0.2, 0.25) is 11.8 Å². The van der Waals surface area contributed by atoms with E-state index >= 15 is 0 Å². The van der Waals surface area contributed by atoms with Crippen LogP contribution in [0, 0.1) is 5.92 Å². The zero-order valence-corrected chi connectivity index (χ0v) is 18.7. The van der Waals surface area contributed by atoms with Crippen molar-refractivity contribution in [1.29, 1.82) is 0 Å². The van der Waals surface area contributed by atoms with Crippen LogP contribution in [0.5, 0.6) is 5.75 Å². The van der Waals surface area contributed by atoms with Crippen molar-refractivity contribution in [3.8, 4) is 17.2 Å². The molecule has 1 atom stereocenters. The third kappa shape index (κ3) is 4.31. The summed E-state index contributed by atoms with van der Waals surface area (Å²) in [6.45, 7) is 2.38. The second-order valence-corrected chi connectivity index (χ2v) is 8.16. The van der Waals surface area contributed by atoms with Crippen molar-refractivity contribution >= 4 is 39.4 Å². The van der Waals surface area contributed by atoms with Crippen molar-refractivity contribution in [3.05, 3.63) is 36.7 Å². The standard InChI is InChI=1S/C24H25N5O4/c1-13(31-3)12-32-15-6-7-20-19(8-15)28-24(33-20)18-11-27-22(25-2)17-10-26-21(9-16(17)18)29-23(30)14-4-5-14/h6-11,13-14H,4-5,12H2,1-3H3,(H,25,27)(H,26,29,30)/t13-/m1/s1. The number of hydrogen-bond donors (Lipinski definition) is 2. The van der Waals surface area contributed by atoms with E-state index in [1.807, 2.05) is 31.2 Å². The number of oxazole rings is 1. The van der Waals surface area contributed by atoms with Gasteiger partial charge in [0.05, 0.1) is 11.7 Å². The van der Waals surface area contributed by atoms with Crippen LogP contribution in [0.15, 0.2) is 41.1 Å². The fourth-order valence-electron chi connectivity index (χ4n) is 3.54. The molecular formula is C24H25N5O4. The van der Waals surface area contributed by atoms with Crippen molar-refractivity contribution in [1.82, 2.24) is 15.0 Å². The zero-order valence-electron chi connectivity index (χ0n) is 18.7. The molecule has 1 aliphatic rings. The molecule has 170 valence electrons. The van der Waals surface area contributed by atoms with Gasteiger partial charge in [-0.05, 0) is 38.0 Å². The first-order valence-corrected chi connectivity index (χ1v) is 10.9. The predicted molar refractivity (Wildman–Crippen MR) is 125 cm³/mol. The molecular weight excluding hydrogens is 422 g/mol. The molecule has 0 unspecified atom stereocenters.